The first-order valence-corrected chi connectivity index (χ1v) is 8.13. The van der Waals surface area contributed by atoms with E-state index in [-0.39, 0.29) is 5.41 Å². The van der Waals surface area contributed by atoms with Crippen LogP contribution in [0.1, 0.15) is 65.3 Å². The van der Waals surface area contributed by atoms with Crippen molar-refractivity contribution >= 4 is 28.6 Å². The first-order valence-electron chi connectivity index (χ1n) is 7.72. The van der Waals surface area contributed by atoms with Gasteiger partial charge in [0.15, 0.2) is 0 Å². The normalized spacial score (nSPS) is 15.6. The molecule has 1 N–H and O–H groups in total. The minimum absolute atomic E-state index is 0.0192. The van der Waals surface area contributed by atoms with Crippen LogP contribution >= 0.6 is 12.2 Å². The summed E-state index contributed by atoms with van der Waals surface area (Å²) in [5.74, 6) is 0.336. The Balaban J connectivity index is 2.65. The molecule has 0 saturated carbocycles. The van der Waals surface area contributed by atoms with Gasteiger partial charge in [0.2, 0.25) is 0 Å². The second-order valence-corrected chi connectivity index (χ2v) is 7.36. The zero-order valence-electron chi connectivity index (χ0n) is 13.9. The molecule has 2 heterocycles. The van der Waals surface area contributed by atoms with Gasteiger partial charge in [0.05, 0.1) is 12.2 Å². The summed E-state index contributed by atoms with van der Waals surface area (Å²) in [7, 11) is 0. The van der Waals surface area contributed by atoms with Crippen LogP contribution in [0, 0.1) is 5.41 Å². The number of aliphatic imine (C=N–C) groups is 1. The fourth-order valence-electron chi connectivity index (χ4n) is 2.42. The molecule has 0 aliphatic carbocycles. The Bertz CT molecular complexity index is 576. The van der Waals surface area contributed by atoms with Gasteiger partial charge in [-0.3, -0.25) is 9.67 Å². The van der Waals surface area contributed by atoms with Crippen molar-refractivity contribution < 1.29 is 0 Å². The van der Waals surface area contributed by atoms with E-state index in [0.717, 1.165) is 40.7 Å². The molecule has 0 amide bonds. The van der Waals surface area contributed by atoms with Crippen molar-refractivity contribution in [3.63, 3.8) is 0 Å². The summed E-state index contributed by atoms with van der Waals surface area (Å²) in [6.07, 6.45) is 1.03. The summed E-state index contributed by atoms with van der Waals surface area (Å²) in [6.45, 7) is 14.6. The van der Waals surface area contributed by atoms with Crippen LogP contribution in [0.25, 0.3) is 0 Å². The molecular weight excluding hydrogens is 280 g/mol. The van der Waals surface area contributed by atoms with E-state index in [4.69, 9.17) is 22.3 Å². The lowest BCUT2D eigenvalue weighted by atomic mass is 9.90. The highest BCUT2D eigenvalue weighted by atomic mass is 32.1. The minimum Gasteiger partial charge on any atom is -0.369 e. The average molecular weight is 306 g/mol. The third-order valence-electron chi connectivity index (χ3n) is 3.68. The summed E-state index contributed by atoms with van der Waals surface area (Å²) >= 11 is 5.58. The SMILES string of the molecule is CCCn1nc(C(C)C)c2c1C(=S)NCC(C(C)(C)C)=N2. The van der Waals surface area contributed by atoms with Crippen LogP contribution in [0.3, 0.4) is 0 Å². The van der Waals surface area contributed by atoms with Gasteiger partial charge in [0, 0.05) is 17.7 Å². The number of rotatable bonds is 3. The molecule has 4 nitrogen and oxygen atoms in total. The maximum absolute atomic E-state index is 5.58. The Morgan fingerprint density at radius 2 is 2.00 bits per heavy atom. The van der Waals surface area contributed by atoms with Crippen LogP contribution in [-0.4, -0.2) is 27.0 Å². The number of fused-ring (bicyclic) bond motifs is 1. The molecule has 0 atom stereocenters. The highest BCUT2D eigenvalue weighted by Crippen LogP contribution is 2.34. The van der Waals surface area contributed by atoms with E-state index in [0.29, 0.717) is 12.5 Å². The highest BCUT2D eigenvalue weighted by Gasteiger charge is 2.28. The third kappa shape index (κ3) is 3.18. The van der Waals surface area contributed by atoms with Crippen molar-refractivity contribution in [3.8, 4) is 0 Å². The van der Waals surface area contributed by atoms with Crippen LogP contribution in [-0.2, 0) is 6.54 Å². The summed E-state index contributed by atoms with van der Waals surface area (Å²) < 4.78 is 2.02. The molecular formula is C16H26N4S. The van der Waals surface area contributed by atoms with Gasteiger partial charge in [-0.15, -0.1) is 0 Å². The molecule has 21 heavy (non-hydrogen) atoms. The Labute approximate surface area is 133 Å². The van der Waals surface area contributed by atoms with E-state index >= 15 is 0 Å². The molecule has 0 spiro atoms. The second kappa shape index (κ2) is 5.87. The number of hydrogen-bond acceptors (Lipinski definition) is 3. The van der Waals surface area contributed by atoms with Crippen molar-refractivity contribution in [3.05, 3.63) is 11.4 Å². The van der Waals surface area contributed by atoms with Crippen LogP contribution < -0.4 is 5.32 Å². The molecule has 0 unspecified atom stereocenters. The molecule has 0 fully saturated rings. The molecule has 2 rings (SSSR count). The zero-order valence-corrected chi connectivity index (χ0v) is 14.8. The van der Waals surface area contributed by atoms with Gasteiger partial charge in [-0.1, -0.05) is 53.8 Å². The van der Waals surface area contributed by atoms with E-state index in [1.807, 2.05) is 4.68 Å². The Morgan fingerprint density at radius 3 is 2.52 bits per heavy atom. The molecule has 1 aliphatic heterocycles. The lowest BCUT2D eigenvalue weighted by Gasteiger charge is -2.21. The Hall–Kier alpha value is -1.23. The molecule has 1 aliphatic rings. The van der Waals surface area contributed by atoms with Gasteiger partial charge in [-0.25, -0.2) is 0 Å². The van der Waals surface area contributed by atoms with E-state index in [1.165, 1.54) is 0 Å². The number of thiocarbonyl (C=S) groups is 1. The molecule has 0 bridgehead atoms. The Kier molecular flexibility index (Phi) is 4.51. The van der Waals surface area contributed by atoms with Crippen molar-refractivity contribution in [1.82, 2.24) is 15.1 Å². The maximum Gasteiger partial charge on any atom is 0.127 e. The summed E-state index contributed by atoms with van der Waals surface area (Å²) in [4.78, 5) is 5.73. The van der Waals surface area contributed by atoms with Crippen LogP contribution in [0.15, 0.2) is 4.99 Å². The van der Waals surface area contributed by atoms with E-state index in [1.54, 1.807) is 0 Å². The average Bonchev–Trinajstić information content (AvgIpc) is 2.62. The third-order valence-corrected chi connectivity index (χ3v) is 4.02. The van der Waals surface area contributed by atoms with Gasteiger partial charge in [-0.05, 0) is 12.3 Å². The summed E-state index contributed by atoms with van der Waals surface area (Å²) in [6, 6.07) is 0. The quantitative estimate of drug-likeness (QED) is 0.863. The van der Waals surface area contributed by atoms with E-state index in [9.17, 15) is 0 Å². The lowest BCUT2D eigenvalue weighted by molar-refractivity contribution is 0.578. The molecule has 1 aromatic heterocycles. The molecule has 0 saturated heterocycles. The predicted octanol–water partition coefficient (Wildman–Crippen LogP) is 3.81. The largest absolute Gasteiger partial charge is 0.369 e. The van der Waals surface area contributed by atoms with Gasteiger partial charge in [0.1, 0.15) is 16.4 Å². The molecule has 0 radical (unpaired) electrons. The smallest absolute Gasteiger partial charge is 0.127 e. The van der Waals surface area contributed by atoms with Crippen molar-refractivity contribution in [2.24, 2.45) is 10.4 Å². The topological polar surface area (TPSA) is 42.2 Å². The number of hydrogen-bond donors (Lipinski definition) is 1. The second-order valence-electron chi connectivity index (χ2n) is 6.95. The van der Waals surface area contributed by atoms with Crippen LogP contribution in [0.4, 0.5) is 5.69 Å². The Morgan fingerprint density at radius 1 is 1.33 bits per heavy atom. The number of nitrogens with zero attached hydrogens (tertiary/aromatic N) is 3. The van der Waals surface area contributed by atoms with Gasteiger partial charge in [0.25, 0.3) is 0 Å². The fraction of sp³-hybridized carbons (Fsp3) is 0.688. The molecule has 1 aromatic rings. The van der Waals surface area contributed by atoms with Crippen molar-refractivity contribution in [1.29, 1.82) is 0 Å². The lowest BCUT2D eigenvalue weighted by Crippen LogP contribution is -2.34. The van der Waals surface area contributed by atoms with Crippen LogP contribution in [0.2, 0.25) is 0 Å². The fourth-order valence-corrected chi connectivity index (χ4v) is 2.70. The summed E-state index contributed by atoms with van der Waals surface area (Å²) in [5, 5.41) is 8.12. The van der Waals surface area contributed by atoms with Crippen molar-refractivity contribution in [2.45, 2.75) is 60.4 Å². The minimum atomic E-state index is 0.0192. The monoisotopic (exact) mass is 306 g/mol. The van der Waals surface area contributed by atoms with E-state index < -0.39 is 0 Å². The zero-order chi connectivity index (χ0) is 15.8. The summed E-state index contributed by atoms with van der Waals surface area (Å²) in [5.41, 5.74) is 4.15. The van der Waals surface area contributed by atoms with Crippen LogP contribution in [0.5, 0.6) is 0 Å². The highest BCUT2D eigenvalue weighted by molar-refractivity contribution is 7.80. The van der Waals surface area contributed by atoms with Gasteiger partial charge < -0.3 is 5.32 Å². The first kappa shape index (κ1) is 16.1. The molecule has 5 heteroatoms. The standard InChI is InChI=1S/C16H26N4S/c1-7-8-20-14-13(12(19-20)10(2)3)18-11(16(4,5)6)9-17-15(14)21/h10H,7-9H2,1-6H3,(H,17,21). The maximum atomic E-state index is 5.58. The van der Waals surface area contributed by atoms with Gasteiger partial charge >= 0.3 is 0 Å². The number of aryl methyl sites for hydroxylation is 1. The molecule has 116 valence electrons. The first-order chi connectivity index (χ1) is 9.75. The van der Waals surface area contributed by atoms with Gasteiger partial charge in [-0.2, -0.15) is 5.10 Å². The van der Waals surface area contributed by atoms with Crippen molar-refractivity contribution in [2.75, 3.05) is 6.54 Å². The predicted molar refractivity (Wildman–Crippen MR) is 92.9 cm³/mol. The number of nitrogens with one attached hydrogen (secondary N) is 1. The number of aromatic nitrogens is 2. The molecule has 0 aromatic carbocycles. The van der Waals surface area contributed by atoms with E-state index in [2.05, 4.69) is 46.9 Å².